The summed E-state index contributed by atoms with van der Waals surface area (Å²) >= 11 is 6.16. The van der Waals surface area contributed by atoms with Crippen molar-refractivity contribution in [3.63, 3.8) is 0 Å². The van der Waals surface area contributed by atoms with Gasteiger partial charge in [-0.3, -0.25) is 4.79 Å². The van der Waals surface area contributed by atoms with Gasteiger partial charge in [-0.05, 0) is 19.4 Å². The molecule has 1 unspecified atom stereocenters. The summed E-state index contributed by atoms with van der Waals surface area (Å²) in [5, 5.41) is 3.63. The first-order chi connectivity index (χ1) is 10.0. The van der Waals surface area contributed by atoms with Gasteiger partial charge >= 0.3 is 0 Å². The Bertz CT molecular complexity index is 504. The summed E-state index contributed by atoms with van der Waals surface area (Å²) in [6.45, 7) is 8.59. The fourth-order valence-electron chi connectivity index (χ4n) is 2.54. The molecule has 1 aliphatic heterocycles. The van der Waals surface area contributed by atoms with E-state index in [0.717, 1.165) is 32.5 Å². The van der Waals surface area contributed by atoms with E-state index in [2.05, 4.69) is 22.2 Å². The lowest BCUT2D eigenvalue weighted by molar-refractivity contribution is 0.0686. The number of rotatable bonds is 5. The second kappa shape index (κ2) is 8.65. The normalized spacial score (nSPS) is 17.4. The Labute approximate surface area is 143 Å². The molecule has 5 nitrogen and oxygen atoms in total. The van der Waals surface area contributed by atoms with Gasteiger partial charge in [0.1, 0.15) is 5.82 Å². The van der Waals surface area contributed by atoms with E-state index in [1.54, 1.807) is 0 Å². The molecule has 0 bridgehead atoms. The molecule has 7 heteroatoms. The highest BCUT2D eigenvalue weighted by molar-refractivity contribution is 6.33. The number of hydrogen-bond donors (Lipinski definition) is 1. The highest BCUT2D eigenvalue weighted by Crippen LogP contribution is 2.20. The first kappa shape index (κ1) is 19.1. The molecular weight excluding hydrogens is 323 g/mol. The minimum atomic E-state index is -0.0835. The van der Waals surface area contributed by atoms with Gasteiger partial charge < -0.3 is 10.2 Å². The van der Waals surface area contributed by atoms with Gasteiger partial charge in [-0.15, -0.1) is 12.4 Å². The minimum Gasteiger partial charge on any atom is -0.333 e. The number of nitrogens with one attached hydrogen (secondary N) is 1. The molecule has 1 N–H and O–H groups in total. The maximum absolute atomic E-state index is 12.8. The molecule has 1 aromatic heterocycles. The Morgan fingerprint density at radius 3 is 2.82 bits per heavy atom. The van der Waals surface area contributed by atoms with Crippen LogP contribution in [0.3, 0.4) is 0 Å². The number of carbonyl (C=O) groups excluding carboxylic acids is 1. The van der Waals surface area contributed by atoms with Gasteiger partial charge in [-0.1, -0.05) is 32.4 Å². The van der Waals surface area contributed by atoms with Crippen LogP contribution in [0.1, 0.15) is 55.8 Å². The second-order valence-corrected chi connectivity index (χ2v) is 6.13. The molecule has 1 aromatic rings. The van der Waals surface area contributed by atoms with Crippen molar-refractivity contribution in [2.24, 2.45) is 0 Å². The third kappa shape index (κ3) is 4.31. The van der Waals surface area contributed by atoms with Crippen LogP contribution in [0.4, 0.5) is 0 Å². The molecule has 1 fully saturated rings. The van der Waals surface area contributed by atoms with Crippen molar-refractivity contribution in [1.82, 2.24) is 20.2 Å². The van der Waals surface area contributed by atoms with Gasteiger partial charge in [-0.25, -0.2) is 9.97 Å². The zero-order valence-electron chi connectivity index (χ0n) is 13.3. The number of aromatic nitrogens is 2. The number of carbonyl (C=O) groups is 1. The molecule has 1 amide bonds. The standard InChI is InChI=1S/C15H23ClN4O.ClH/c1-4-7-20(11-5-6-17-8-11)15(21)13-12(16)9-18-14(19-13)10(2)3;/h9-11,17H,4-8H2,1-3H3;1H. The molecule has 0 aliphatic carbocycles. The molecule has 0 saturated carbocycles. The van der Waals surface area contributed by atoms with E-state index >= 15 is 0 Å². The third-order valence-corrected chi connectivity index (χ3v) is 3.96. The van der Waals surface area contributed by atoms with Gasteiger partial charge in [0.25, 0.3) is 5.91 Å². The van der Waals surface area contributed by atoms with Crippen LogP contribution >= 0.6 is 24.0 Å². The Hall–Kier alpha value is -0.910. The van der Waals surface area contributed by atoms with Crippen LogP contribution in [0.25, 0.3) is 0 Å². The lowest BCUT2D eigenvalue weighted by Gasteiger charge is -2.28. The Kier molecular flexibility index (Phi) is 7.53. The Morgan fingerprint density at radius 1 is 1.55 bits per heavy atom. The van der Waals surface area contributed by atoms with Gasteiger partial charge in [-0.2, -0.15) is 0 Å². The van der Waals surface area contributed by atoms with Crippen molar-refractivity contribution in [2.75, 3.05) is 19.6 Å². The molecule has 1 saturated heterocycles. The molecule has 2 rings (SSSR count). The molecule has 124 valence electrons. The smallest absolute Gasteiger partial charge is 0.274 e. The minimum absolute atomic E-state index is 0. The van der Waals surface area contributed by atoms with Crippen molar-refractivity contribution in [1.29, 1.82) is 0 Å². The summed E-state index contributed by atoms with van der Waals surface area (Å²) in [4.78, 5) is 23.3. The molecular formula is C15H24Cl2N4O. The highest BCUT2D eigenvalue weighted by Gasteiger charge is 2.29. The van der Waals surface area contributed by atoms with E-state index in [4.69, 9.17) is 11.6 Å². The van der Waals surface area contributed by atoms with Gasteiger partial charge in [0.2, 0.25) is 0 Å². The molecule has 1 atom stereocenters. The zero-order chi connectivity index (χ0) is 15.4. The second-order valence-electron chi connectivity index (χ2n) is 5.72. The predicted molar refractivity (Wildman–Crippen MR) is 91.0 cm³/mol. The SMILES string of the molecule is CCCN(C(=O)c1nc(C(C)C)ncc1Cl)C1CCNC1.Cl. The van der Waals surface area contributed by atoms with Gasteiger partial charge in [0.15, 0.2) is 5.69 Å². The van der Waals surface area contributed by atoms with Crippen LogP contribution in [0, 0.1) is 0 Å². The fourth-order valence-corrected chi connectivity index (χ4v) is 2.71. The monoisotopic (exact) mass is 346 g/mol. The van der Waals surface area contributed by atoms with Crippen molar-refractivity contribution in [3.05, 3.63) is 22.7 Å². The average molecular weight is 347 g/mol. The Balaban J connectivity index is 0.00000242. The summed E-state index contributed by atoms with van der Waals surface area (Å²) in [5.41, 5.74) is 0.329. The van der Waals surface area contributed by atoms with Gasteiger partial charge in [0, 0.05) is 25.0 Å². The van der Waals surface area contributed by atoms with Crippen LogP contribution in [-0.2, 0) is 0 Å². The van der Waals surface area contributed by atoms with Crippen molar-refractivity contribution < 1.29 is 4.79 Å². The number of nitrogens with zero attached hydrogens (tertiary/aromatic N) is 3. The topological polar surface area (TPSA) is 58.1 Å². The molecule has 0 radical (unpaired) electrons. The summed E-state index contributed by atoms with van der Waals surface area (Å²) in [6, 6.07) is 0.228. The zero-order valence-corrected chi connectivity index (χ0v) is 14.9. The fraction of sp³-hybridized carbons (Fsp3) is 0.667. The van der Waals surface area contributed by atoms with E-state index in [0.29, 0.717) is 16.5 Å². The number of amides is 1. The molecule has 0 spiro atoms. The van der Waals surface area contributed by atoms with E-state index in [-0.39, 0.29) is 30.3 Å². The van der Waals surface area contributed by atoms with E-state index in [1.165, 1.54) is 6.20 Å². The van der Waals surface area contributed by atoms with Crippen LogP contribution < -0.4 is 5.32 Å². The maximum atomic E-state index is 12.8. The van der Waals surface area contributed by atoms with Crippen LogP contribution in [0.15, 0.2) is 6.20 Å². The van der Waals surface area contributed by atoms with Crippen molar-refractivity contribution in [3.8, 4) is 0 Å². The van der Waals surface area contributed by atoms with E-state index in [1.807, 2.05) is 18.7 Å². The average Bonchev–Trinajstić information content (AvgIpc) is 2.98. The first-order valence-electron chi connectivity index (χ1n) is 7.58. The predicted octanol–water partition coefficient (Wildman–Crippen LogP) is 2.89. The van der Waals surface area contributed by atoms with Crippen LogP contribution in [0.5, 0.6) is 0 Å². The summed E-state index contributed by atoms with van der Waals surface area (Å²) in [6.07, 6.45) is 3.43. The van der Waals surface area contributed by atoms with Crippen LogP contribution in [-0.4, -0.2) is 46.5 Å². The quantitative estimate of drug-likeness (QED) is 0.890. The first-order valence-corrected chi connectivity index (χ1v) is 7.96. The lowest BCUT2D eigenvalue weighted by atomic mass is 10.1. The van der Waals surface area contributed by atoms with E-state index in [9.17, 15) is 4.79 Å². The highest BCUT2D eigenvalue weighted by atomic mass is 35.5. The maximum Gasteiger partial charge on any atom is 0.274 e. The van der Waals surface area contributed by atoms with Gasteiger partial charge in [0.05, 0.1) is 11.2 Å². The molecule has 1 aliphatic rings. The van der Waals surface area contributed by atoms with Crippen molar-refractivity contribution in [2.45, 2.75) is 45.6 Å². The lowest BCUT2D eigenvalue weighted by Crippen LogP contribution is -2.42. The molecule has 2 heterocycles. The number of hydrogen-bond acceptors (Lipinski definition) is 4. The Morgan fingerprint density at radius 2 is 2.27 bits per heavy atom. The summed E-state index contributed by atoms with van der Waals surface area (Å²) < 4.78 is 0. The molecule has 0 aromatic carbocycles. The summed E-state index contributed by atoms with van der Waals surface area (Å²) in [5.74, 6) is 0.741. The third-order valence-electron chi connectivity index (χ3n) is 3.68. The van der Waals surface area contributed by atoms with E-state index < -0.39 is 0 Å². The molecule has 22 heavy (non-hydrogen) atoms. The number of halogens is 2. The largest absolute Gasteiger partial charge is 0.333 e. The summed E-state index contributed by atoms with van der Waals surface area (Å²) in [7, 11) is 0. The van der Waals surface area contributed by atoms with Crippen LogP contribution in [0.2, 0.25) is 5.02 Å². The van der Waals surface area contributed by atoms with Crippen molar-refractivity contribution >= 4 is 29.9 Å².